The molecule has 3 aromatic rings. The summed E-state index contributed by atoms with van der Waals surface area (Å²) in [5.74, 6) is 1.57. The van der Waals surface area contributed by atoms with Gasteiger partial charge in [0.05, 0.1) is 27.9 Å². The maximum absolute atomic E-state index is 12.2. The Hall–Kier alpha value is -4.15. The number of hydrogen-bond acceptors (Lipinski definition) is 8. The molecule has 0 saturated carbocycles. The first-order valence-electron chi connectivity index (χ1n) is 9.24. The topological polar surface area (TPSA) is 122 Å². The lowest BCUT2D eigenvalue weighted by molar-refractivity contribution is -0.116. The van der Waals surface area contributed by atoms with Gasteiger partial charge in [-0.15, -0.1) is 5.10 Å². The average Bonchev–Trinajstić information content (AvgIpc) is 3.33. The van der Waals surface area contributed by atoms with Crippen molar-refractivity contribution in [1.29, 1.82) is 0 Å². The van der Waals surface area contributed by atoms with Crippen LogP contribution < -0.4 is 25.1 Å². The molecule has 11 heteroatoms. The van der Waals surface area contributed by atoms with Gasteiger partial charge in [0.25, 0.3) is 5.56 Å². The van der Waals surface area contributed by atoms with Gasteiger partial charge < -0.3 is 19.5 Å². The Morgan fingerprint density at radius 1 is 1.13 bits per heavy atom. The molecule has 0 saturated heterocycles. The number of aromatic nitrogens is 5. The van der Waals surface area contributed by atoms with Gasteiger partial charge in [-0.3, -0.25) is 9.59 Å². The van der Waals surface area contributed by atoms with Crippen molar-refractivity contribution < 1.29 is 19.0 Å². The number of hydrogen-bond donors (Lipinski definition) is 1. The lowest BCUT2D eigenvalue weighted by Gasteiger charge is -2.12. The molecular formula is C20H22N6O5. The third-order valence-electron chi connectivity index (χ3n) is 4.24. The molecule has 0 aliphatic rings. The fourth-order valence-electron chi connectivity index (χ4n) is 2.76. The van der Waals surface area contributed by atoms with E-state index in [2.05, 4.69) is 20.5 Å². The zero-order valence-corrected chi connectivity index (χ0v) is 17.3. The van der Waals surface area contributed by atoms with Gasteiger partial charge in [-0.2, -0.15) is 5.10 Å². The zero-order valence-electron chi connectivity index (χ0n) is 17.3. The number of methoxy groups -OCH3 is 3. The minimum absolute atomic E-state index is 0.200. The molecule has 0 aliphatic carbocycles. The summed E-state index contributed by atoms with van der Waals surface area (Å²) in [7, 11) is 4.56. The van der Waals surface area contributed by atoms with Crippen molar-refractivity contribution in [3.63, 3.8) is 0 Å². The highest BCUT2D eigenvalue weighted by Crippen LogP contribution is 2.38. The van der Waals surface area contributed by atoms with E-state index in [-0.39, 0.29) is 24.6 Å². The van der Waals surface area contributed by atoms with Crippen LogP contribution >= 0.6 is 0 Å². The van der Waals surface area contributed by atoms with Crippen molar-refractivity contribution in [2.45, 2.75) is 6.54 Å². The maximum atomic E-state index is 12.2. The number of amides is 1. The Morgan fingerprint density at radius 2 is 1.87 bits per heavy atom. The number of benzene rings is 1. The zero-order chi connectivity index (χ0) is 22.2. The smallest absolute Gasteiger partial charge is 0.266 e. The number of rotatable bonds is 9. The summed E-state index contributed by atoms with van der Waals surface area (Å²) in [6.45, 7) is 0.414. The highest BCUT2D eigenvalue weighted by molar-refractivity contribution is 5.91. The summed E-state index contributed by atoms with van der Waals surface area (Å²) in [5.41, 5.74) is 0.411. The summed E-state index contributed by atoms with van der Waals surface area (Å²) in [6, 6.07) is 6.39. The Morgan fingerprint density at radius 3 is 2.48 bits per heavy atom. The van der Waals surface area contributed by atoms with Crippen LogP contribution in [0.3, 0.4) is 0 Å². The molecule has 1 N–H and O–H groups in total. The van der Waals surface area contributed by atoms with E-state index in [0.29, 0.717) is 28.6 Å². The normalized spacial score (nSPS) is 10.8. The van der Waals surface area contributed by atoms with Crippen LogP contribution in [-0.4, -0.2) is 58.3 Å². The van der Waals surface area contributed by atoms with Gasteiger partial charge in [-0.05, 0) is 29.8 Å². The van der Waals surface area contributed by atoms with E-state index < -0.39 is 0 Å². The van der Waals surface area contributed by atoms with Gasteiger partial charge in [-0.25, -0.2) is 14.3 Å². The summed E-state index contributed by atoms with van der Waals surface area (Å²) in [5, 5.41) is 10.9. The molecule has 0 radical (unpaired) electrons. The molecule has 0 spiro atoms. The summed E-state index contributed by atoms with van der Waals surface area (Å²) in [4.78, 5) is 28.0. The molecular weight excluding hydrogens is 404 g/mol. The predicted molar refractivity (Wildman–Crippen MR) is 112 cm³/mol. The van der Waals surface area contributed by atoms with Gasteiger partial charge in [0, 0.05) is 18.7 Å². The van der Waals surface area contributed by atoms with Crippen LogP contribution in [-0.2, 0) is 11.3 Å². The molecule has 1 aromatic carbocycles. The molecule has 0 bridgehead atoms. The van der Waals surface area contributed by atoms with Crippen LogP contribution in [0.1, 0.15) is 5.56 Å². The van der Waals surface area contributed by atoms with E-state index in [1.54, 1.807) is 24.3 Å². The largest absolute Gasteiger partial charge is 0.493 e. The Labute approximate surface area is 177 Å². The molecule has 31 heavy (non-hydrogen) atoms. The number of nitrogens with one attached hydrogen (secondary N) is 1. The standard InChI is InChI=1S/C20H22N6O5/c1-29-15-10-14(11-16(30-2)20(15)31-3)4-6-18(27)22-8-9-25-19(28)7-5-17(24-25)26-13-21-12-23-26/h4-7,10-13H,8-9H2,1-3H3,(H,22,27)/b6-4+. The third-order valence-corrected chi connectivity index (χ3v) is 4.24. The molecule has 11 nitrogen and oxygen atoms in total. The van der Waals surface area contributed by atoms with E-state index in [0.717, 1.165) is 0 Å². The number of nitrogens with zero attached hydrogens (tertiary/aromatic N) is 5. The Balaban J connectivity index is 1.62. The number of carbonyl (C=O) groups excluding carboxylic acids is 1. The molecule has 2 aromatic heterocycles. The molecule has 3 rings (SSSR count). The first kappa shape index (κ1) is 21.6. The van der Waals surface area contributed by atoms with Crippen LogP contribution in [0.2, 0.25) is 0 Å². The molecule has 2 heterocycles. The average molecular weight is 426 g/mol. The number of carbonyl (C=O) groups is 1. The summed E-state index contributed by atoms with van der Waals surface area (Å²) < 4.78 is 18.6. The van der Waals surface area contributed by atoms with Crippen LogP contribution in [0.5, 0.6) is 17.2 Å². The van der Waals surface area contributed by atoms with E-state index >= 15 is 0 Å². The van der Waals surface area contributed by atoms with Crippen molar-refractivity contribution in [3.05, 3.63) is 58.9 Å². The van der Waals surface area contributed by atoms with Gasteiger partial charge in [-0.1, -0.05) is 0 Å². The van der Waals surface area contributed by atoms with Crippen molar-refractivity contribution in [2.24, 2.45) is 0 Å². The minimum atomic E-state index is -0.325. The third kappa shape index (κ3) is 5.26. The van der Waals surface area contributed by atoms with E-state index in [1.807, 2.05) is 0 Å². The van der Waals surface area contributed by atoms with Crippen molar-refractivity contribution in [2.75, 3.05) is 27.9 Å². The Kier molecular flexibility index (Phi) is 6.99. The fourth-order valence-corrected chi connectivity index (χ4v) is 2.76. The van der Waals surface area contributed by atoms with Gasteiger partial charge in [0.15, 0.2) is 17.3 Å². The second kappa shape index (κ2) is 10.1. The van der Waals surface area contributed by atoms with Crippen LogP contribution in [0.25, 0.3) is 11.9 Å². The van der Waals surface area contributed by atoms with Crippen molar-refractivity contribution in [3.8, 4) is 23.1 Å². The molecule has 0 aliphatic heterocycles. The number of ether oxygens (including phenoxy) is 3. The van der Waals surface area contributed by atoms with Gasteiger partial charge in [0.1, 0.15) is 12.7 Å². The molecule has 162 valence electrons. The van der Waals surface area contributed by atoms with E-state index in [4.69, 9.17) is 14.2 Å². The van der Waals surface area contributed by atoms with Gasteiger partial charge >= 0.3 is 0 Å². The molecule has 0 atom stereocenters. The van der Waals surface area contributed by atoms with Crippen LogP contribution in [0, 0.1) is 0 Å². The second-order valence-electron chi connectivity index (χ2n) is 6.18. The summed E-state index contributed by atoms with van der Waals surface area (Å²) >= 11 is 0. The minimum Gasteiger partial charge on any atom is -0.493 e. The first-order chi connectivity index (χ1) is 15.0. The van der Waals surface area contributed by atoms with E-state index in [1.165, 1.54) is 55.5 Å². The molecule has 0 fully saturated rings. The highest BCUT2D eigenvalue weighted by atomic mass is 16.5. The van der Waals surface area contributed by atoms with Crippen LogP contribution in [0.4, 0.5) is 0 Å². The maximum Gasteiger partial charge on any atom is 0.266 e. The quantitative estimate of drug-likeness (QED) is 0.496. The second-order valence-corrected chi connectivity index (χ2v) is 6.18. The fraction of sp³-hybridized carbons (Fsp3) is 0.250. The predicted octanol–water partition coefficient (Wildman–Crippen LogP) is 0.679. The first-order valence-corrected chi connectivity index (χ1v) is 9.24. The summed E-state index contributed by atoms with van der Waals surface area (Å²) in [6.07, 6.45) is 5.85. The van der Waals surface area contributed by atoms with Crippen molar-refractivity contribution in [1.82, 2.24) is 29.9 Å². The lowest BCUT2D eigenvalue weighted by atomic mass is 10.1. The Bertz CT molecular complexity index is 1100. The van der Waals surface area contributed by atoms with Gasteiger partial charge in [0.2, 0.25) is 11.7 Å². The van der Waals surface area contributed by atoms with Crippen LogP contribution in [0.15, 0.2) is 47.8 Å². The SMILES string of the molecule is COc1cc(/C=C/C(=O)NCCn2nc(-n3cncn3)ccc2=O)cc(OC)c1OC. The molecule has 1 amide bonds. The highest BCUT2D eigenvalue weighted by Gasteiger charge is 2.12. The van der Waals surface area contributed by atoms with Crippen molar-refractivity contribution >= 4 is 12.0 Å². The van der Waals surface area contributed by atoms with E-state index in [9.17, 15) is 9.59 Å². The lowest BCUT2D eigenvalue weighted by Crippen LogP contribution is -2.31. The monoisotopic (exact) mass is 426 g/mol. The molecule has 0 unspecified atom stereocenters.